The van der Waals surface area contributed by atoms with Crippen molar-refractivity contribution in [1.82, 2.24) is 15.1 Å². The predicted molar refractivity (Wildman–Crippen MR) is 100 cm³/mol. The second kappa shape index (κ2) is 8.63. The number of nitrogens with one attached hydrogen (secondary N) is 1. The third-order valence-electron chi connectivity index (χ3n) is 4.92. The van der Waals surface area contributed by atoms with E-state index >= 15 is 0 Å². The van der Waals surface area contributed by atoms with Crippen LogP contribution in [0.1, 0.15) is 42.6 Å². The lowest BCUT2D eigenvalue weighted by atomic mass is 10.1. The smallest absolute Gasteiger partial charge is 0.251 e. The number of imide groups is 1. The van der Waals surface area contributed by atoms with Gasteiger partial charge in [0, 0.05) is 44.6 Å². The van der Waals surface area contributed by atoms with E-state index in [-0.39, 0.29) is 36.5 Å². The molecule has 0 bridgehead atoms. The van der Waals surface area contributed by atoms with E-state index in [2.05, 4.69) is 24.1 Å². The molecule has 1 aromatic carbocycles. The van der Waals surface area contributed by atoms with Crippen molar-refractivity contribution in [2.75, 3.05) is 26.2 Å². The van der Waals surface area contributed by atoms with E-state index in [9.17, 15) is 14.4 Å². The molecule has 27 heavy (non-hydrogen) atoms. The quantitative estimate of drug-likeness (QED) is 0.758. The summed E-state index contributed by atoms with van der Waals surface area (Å²) < 4.78 is 5.71. The van der Waals surface area contributed by atoms with Gasteiger partial charge in [-0.05, 0) is 31.5 Å². The molecule has 7 nitrogen and oxygen atoms in total. The topological polar surface area (TPSA) is 79.0 Å². The van der Waals surface area contributed by atoms with Crippen molar-refractivity contribution in [3.63, 3.8) is 0 Å². The molecule has 0 saturated carbocycles. The number of carbonyl (C=O) groups excluding carboxylic acids is 3. The summed E-state index contributed by atoms with van der Waals surface area (Å²) in [5, 5.41) is 2.94. The minimum Gasteiger partial charge on any atom is -0.373 e. The van der Waals surface area contributed by atoms with E-state index in [1.54, 1.807) is 24.3 Å². The van der Waals surface area contributed by atoms with Crippen molar-refractivity contribution >= 4 is 17.7 Å². The number of hydrogen-bond donors (Lipinski definition) is 1. The van der Waals surface area contributed by atoms with Gasteiger partial charge in [-0.3, -0.25) is 24.2 Å². The molecular formula is C20H27N3O4. The number of carbonyl (C=O) groups is 3. The van der Waals surface area contributed by atoms with Gasteiger partial charge < -0.3 is 10.1 Å². The van der Waals surface area contributed by atoms with Crippen LogP contribution in [0, 0.1) is 0 Å². The van der Waals surface area contributed by atoms with Crippen LogP contribution in [0.3, 0.4) is 0 Å². The van der Waals surface area contributed by atoms with Gasteiger partial charge in [0.05, 0.1) is 18.8 Å². The molecule has 2 fully saturated rings. The van der Waals surface area contributed by atoms with Crippen LogP contribution >= 0.6 is 0 Å². The Kier molecular flexibility index (Phi) is 6.23. The van der Waals surface area contributed by atoms with Crippen LogP contribution in [0.15, 0.2) is 24.3 Å². The first-order valence-electron chi connectivity index (χ1n) is 9.50. The zero-order chi connectivity index (χ0) is 19.4. The first-order chi connectivity index (χ1) is 12.9. The van der Waals surface area contributed by atoms with Crippen LogP contribution < -0.4 is 5.32 Å². The van der Waals surface area contributed by atoms with Crippen molar-refractivity contribution in [1.29, 1.82) is 0 Å². The third-order valence-corrected chi connectivity index (χ3v) is 4.92. The minimum atomic E-state index is -0.131. The van der Waals surface area contributed by atoms with Gasteiger partial charge in [-0.15, -0.1) is 0 Å². The lowest BCUT2D eigenvalue weighted by Gasteiger charge is -2.35. The molecule has 0 aromatic heterocycles. The van der Waals surface area contributed by atoms with Gasteiger partial charge in [-0.2, -0.15) is 0 Å². The van der Waals surface area contributed by atoms with Gasteiger partial charge in [0.1, 0.15) is 0 Å². The number of morpholine rings is 1. The molecule has 1 aromatic rings. The molecule has 2 unspecified atom stereocenters. The number of likely N-dealkylation sites (tertiary alicyclic amines) is 1. The summed E-state index contributed by atoms with van der Waals surface area (Å²) >= 11 is 0. The highest BCUT2D eigenvalue weighted by atomic mass is 16.5. The van der Waals surface area contributed by atoms with Crippen LogP contribution in [-0.4, -0.2) is 65.9 Å². The van der Waals surface area contributed by atoms with Crippen molar-refractivity contribution in [3.8, 4) is 0 Å². The molecule has 0 radical (unpaired) electrons. The minimum absolute atomic E-state index is 0.121. The fourth-order valence-corrected chi connectivity index (χ4v) is 3.64. The van der Waals surface area contributed by atoms with Gasteiger partial charge in [-0.1, -0.05) is 12.1 Å². The number of nitrogens with zero attached hydrogens (tertiary/aromatic N) is 2. The van der Waals surface area contributed by atoms with Crippen LogP contribution in [0.25, 0.3) is 0 Å². The summed E-state index contributed by atoms with van der Waals surface area (Å²) in [5.74, 6) is -0.383. The van der Waals surface area contributed by atoms with E-state index in [1.165, 1.54) is 4.90 Å². The monoisotopic (exact) mass is 373 g/mol. The molecule has 2 aliphatic rings. The zero-order valence-corrected chi connectivity index (χ0v) is 15.9. The van der Waals surface area contributed by atoms with Crippen molar-refractivity contribution < 1.29 is 19.1 Å². The zero-order valence-electron chi connectivity index (χ0n) is 15.9. The van der Waals surface area contributed by atoms with Gasteiger partial charge in [-0.25, -0.2) is 0 Å². The second-order valence-electron chi connectivity index (χ2n) is 7.34. The lowest BCUT2D eigenvalue weighted by molar-refractivity contribution is -0.139. The summed E-state index contributed by atoms with van der Waals surface area (Å²) in [7, 11) is 0. The Hall–Kier alpha value is -2.25. The van der Waals surface area contributed by atoms with Crippen LogP contribution in [0.5, 0.6) is 0 Å². The first kappa shape index (κ1) is 19.5. The highest BCUT2D eigenvalue weighted by Crippen LogP contribution is 2.16. The molecule has 1 N–H and O–H groups in total. The predicted octanol–water partition coefficient (Wildman–Crippen LogP) is 1.17. The lowest BCUT2D eigenvalue weighted by Crippen LogP contribution is -2.47. The molecule has 0 aliphatic carbocycles. The van der Waals surface area contributed by atoms with Crippen molar-refractivity contribution in [3.05, 3.63) is 35.4 Å². The Balaban J connectivity index is 1.46. The Morgan fingerprint density at radius 1 is 1.07 bits per heavy atom. The summed E-state index contributed by atoms with van der Waals surface area (Å²) in [6, 6.07) is 7.04. The number of ether oxygens (including phenoxy) is 1. The Labute approximate surface area is 159 Å². The van der Waals surface area contributed by atoms with Gasteiger partial charge in [0.25, 0.3) is 5.91 Å². The summed E-state index contributed by atoms with van der Waals surface area (Å²) in [6.07, 6.45) is 1.01. The number of benzene rings is 1. The molecule has 146 valence electrons. The number of rotatable bonds is 6. The normalized spacial score (nSPS) is 23.7. The Morgan fingerprint density at radius 2 is 1.67 bits per heavy atom. The van der Waals surface area contributed by atoms with E-state index in [0.29, 0.717) is 24.9 Å². The standard InChI is InChI=1S/C20H27N3O4/c1-14-11-22(12-15(2)27-14)10-9-21-20(26)17-5-3-16(4-6-17)13-23-18(24)7-8-19(23)25/h3-6,14-15H,7-13H2,1-2H3,(H,21,26). The van der Waals surface area contributed by atoms with Gasteiger partial charge in [0.15, 0.2) is 0 Å². The molecule has 2 aliphatic heterocycles. The van der Waals surface area contributed by atoms with E-state index in [4.69, 9.17) is 4.74 Å². The average molecular weight is 373 g/mol. The largest absolute Gasteiger partial charge is 0.373 e. The molecule has 2 saturated heterocycles. The summed E-state index contributed by atoms with van der Waals surface area (Å²) in [6.45, 7) is 7.52. The van der Waals surface area contributed by atoms with Gasteiger partial charge >= 0.3 is 0 Å². The molecule has 7 heteroatoms. The van der Waals surface area contributed by atoms with Crippen molar-refractivity contribution in [2.24, 2.45) is 0 Å². The Bertz CT molecular complexity index is 678. The number of hydrogen-bond acceptors (Lipinski definition) is 5. The van der Waals surface area contributed by atoms with Crippen LogP contribution in [-0.2, 0) is 20.9 Å². The number of amides is 3. The highest BCUT2D eigenvalue weighted by molar-refractivity contribution is 6.01. The van der Waals surface area contributed by atoms with E-state index < -0.39 is 0 Å². The maximum absolute atomic E-state index is 12.3. The maximum atomic E-state index is 12.3. The Morgan fingerprint density at radius 3 is 2.26 bits per heavy atom. The van der Waals surface area contributed by atoms with Crippen LogP contribution in [0.2, 0.25) is 0 Å². The average Bonchev–Trinajstić information content (AvgIpc) is 2.93. The molecule has 3 amide bonds. The molecule has 2 heterocycles. The molecule has 3 rings (SSSR count). The summed E-state index contributed by atoms with van der Waals surface area (Å²) in [5.41, 5.74) is 1.41. The second-order valence-corrected chi connectivity index (χ2v) is 7.34. The fourth-order valence-electron chi connectivity index (χ4n) is 3.64. The summed E-state index contributed by atoms with van der Waals surface area (Å²) in [4.78, 5) is 39.2. The SMILES string of the molecule is CC1CN(CCNC(=O)c2ccc(CN3C(=O)CCC3=O)cc2)CC(C)O1. The molecular weight excluding hydrogens is 346 g/mol. The third kappa shape index (κ3) is 5.14. The fraction of sp³-hybridized carbons (Fsp3) is 0.550. The van der Waals surface area contributed by atoms with Crippen LogP contribution in [0.4, 0.5) is 0 Å². The molecule has 2 atom stereocenters. The van der Waals surface area contributed by atoms with Gasteiger partial charge in [0.2, 0.25) is 11.8 Å². The van der Waals surface area contributed by atoms with E-state index in [0.717, 1.165) is 25.2 Å². The molecule has 0 spiro atoms. The van der Waals surface area contributed by atoms with E-state index in [1.807, 2.05) is 0 Å². The first-order valence-corrected chi connectivity index (χ1v) is 9.50. The van der Waals surface area contributed by atoms with Crippen molar-refractivity contribution in [2.45, 2.75) is 45.4 Å². The maximum Gasteiger partial charge on any atom is 0.251 e. The highest BCUT2D eigenvalue weighted by Gasteiger charge is 2.28.